The summed E-state index contributed by atoms with van der Waals surface area (Å²) in [4.78, 5) is 24.6. The van der Waals surface area contributed by atoms with Crippen molar-refractivity contribution in [1.82, 2.24) is 4.57 Å². The van der Waals surface area contributed by atoms with E-state index in [9.17, 15) is 9.59 Å². The molecule has 1 aliphatic rings. The van der Waals surface area contributed by atoms with Gasteiger partial charge in [-0.2, -0.15) is 0 Å². The van der Waals surface area contributed by atoms with Crippen molar-refractivity contribution in [2.75, 3.05) is 12.1 Å². The Morgan fingerprint density at radius 3 is 2.46 bits per heavy atom. The Kier molecular flexibility index (Phi) is 3.93. The number of nitrogens with zero attached hydrogens (tertiary/aromatic N) is 1. The molecule has 2 heterocycles. The molecule has 1 N–H and O–H groups in total. The lowest BCUT2D eigenvalue weighted by molar-refractivity contribution is 0.101. The number of carbonyl (C=O) groups excluding carboxylic acids is 2. The second kappa shape index (κ2) is 6.40. The second-order valence-electron chi connectivity index (χ2n) is 5.90. The zero-order chi connectivity index (χ0) is 18.1. The molecule has 2 aromatic carbocycles. The summed E-state index contributed by atoms with van der Waals surface area (Å²) in [5.74, 6) is 0.536. The predicted octanol–water partition coefficient (Wildman–Crippen LogP) is 3.66. The highest BCUT2D eigenvalue weighted by atomic mass is 16.7. The minimum Gasteiger partial charge on any atom is -0.454 e. The van der Waals surface area contributed by atoms with E-state index >= 15 is 0 Å². The third-order valence-corrected chi connectivity index (χ3v) is 4.15. The van der Waals surface area contributed by atoms with Gasteiger partial charge in [0.2, 0.25) is 6.79 Å². The first-order valence-corrected chi connectivity index (χ1v) is 8.11. The molecule has 4 rings (SSSR count). The van der Waals surface area contributed by atoms with E-state index in [2.05, 4.69) is 5.32 Å². The number of carbonyl (C=O) groups is 2. The maximum absolute atomic E-state index is 12.7. The minimum absolute atomic E-state index is 0.100. The first-order valence-electron chi connectivity index (χ1n) is 8.11. The van der Waals surface area contributed by atoms with Crippen LogP contribution in [0.4, 0.5) is 5.69 Å². The highest BCUT2D eigenvalue weighted by molar-refractivity contribution is 6.09. The zero-order valence-electron chi connectivity index (χ0n) is 14.1. The number of rotatable bonds is 4. The van der Waals surface area contributed by atoms with Crippen molar-refractivity contribution in [3.05, 3.63) is 72.1 Å². The van der Waals surface area contributed by atoms with Gasteiger partial charge in [-0.1, -0.05) is 6.07 Å². The average molecular weight is 348 g/mol. The standard InChI is InChI=1S/C20H16N2O4/c1-13(23)16-10-18-19(26-12-25-18)11-17(16)21-20(24)14-5-4-6-15(9-14)22-7-2-3-8-22/h2-11H,12H2,1H3,(H,21,24). The van der Waals surface area contributed by atoms with Gasteiger partial charge in [-0.05, 0) is 43.3 Å². The number of amides is 1. The fraction of sp³-hybridized carbons (Fsp3) is 0.100. The molecule has 3 aromatic rings. The van der Waals surface area contributed by atoms with E-state index in [0.717, 1.165) is 5.69 Å². The first-order chi connectivity index (χ1) is 12.6. The summed E-state index contributed by atoms with van der Waals surface area (Å²) in [6.07, 6.45) is 3.81. The van der Waals surface area contributed by atoms with E-state index in [-0.39, 0.29) is 18.5 Å². The third kappa shape index (κ3) is 2.93. The SMILES string of the molecule is CC(=O)c1cc2c(cc1NC(=O)c1cccc(-n3cccc3)c1)OCO2. The molecule has 0 bridgehead atoms. The van der Waals surface area contributed by atoms with Crippen LogP contribution >= 0.6 is 0 Å². The van der Waals surface area contributed by atoms with Gasteiger partial charge in [0.15, 0.2) is 17.3 Å². The molecule has 130 valence electrons. The van der Waals surface area contributed by atoms with Crippen LogP contribution in [0.2, 0.25) is 0 Å². The van der Waals surface area contributed by atoms with Crippen LogP contribution in [-0.2, 0) is 0 Å². The van der Waals surface area contributed by atoms with E-state index in [0.29, 0.717) is 28.3 Å². The number of benzene rings is 2. The number of ether oxygens (including phenoxy) is 2. The molecule has 0 unspecified atom stereocenters. The molecule has 6 nitrogen and oxygen atoms in total. The lowest BCUT2D eigenvalue weighted by atomic mass is 10.1. The molecule has 0 radical (unpaired) electrons. The van der Waals surface area contributed by atoms with Crippen LogP contribution < -0.4 is 14.8 Å². The van der Waals surface area contributed by atoms with E-state index in [1.165, 1.54) is 6.92 Å². The van der Waals surface area contributed by atoms with Gasteiger partial charge in [-0.25, -0.2) is 0 Å². The molecule has 6 heteroatoms. The molecular weight excluding hydrogens is 332 g/mol. The Hall–Kier alpha value is -3.54. The Bertz CT molecular complexity index is 993. The van der Waals surface area contributed by atoms with Crippen LogP contribution in [0.5, 0.6) is 11.5 Å². The number of anilines is 1. The monoisotopic (exact) mass is 348 g/mol. The smallest absolute Gasteiger partial charge is 0.255 e. The summed E-state index contributed by atoms with van der Waals surface area (Å²) in [7, 11) is 0. The van der Waals surface area contributed by atoms with Crippen molar-refractivity contribution >= 4 is 17.4 Å². The molecule has 1 amide bonds. The summed E-state index contributed by atoms with van der Waals surface area (Å²) in [6, 6.07) is 14.3. The first kappa shape index (κ1) is 16.0. The van der Waals surface area contributed by atoms with Gasteiger partial charge >= 0.3 is 0 Å². The number of nitrogens with one attached hydrogen (secondary N) is 1. The topological polar surface area (TPSA) is 69.6 Å². The van der Waals surface area contributed by atoms with Gasteiger partial charge in [-0.15, -0.1) is 0 Å². The Morgan fingerprint density at radius 1 is 1.00 bits per heavy atom. The fourth-order valence-corrected chi connectivity index (χ4v) is 2.85. The Labute approximate surface area is 150 Å². The number of hydrogen-bond acceptors (Lipinski definition) is 4. The molecule has 1 aromatic heterocycles. The van der Waals surface area contributed by atoms with Crippen LogP contribution in [0.3, 0.4) is 0 Å². The molecular formula is C20H16N2O4. The summed E-state index contributed by atoms with van der Waals surface area (Å²) in [5.41, 5.74) is 2.14. The van der Waals surface area contributed by atoms with Gasteiger partial charge in [0.05, 0.1) is 5.69 Å². The van der Waals surface area contributed by atoms with Crippen LogP contribution in [0, 0.1) is 0 Å². The average Bonchev–Trinajstić information content (AvgIpc) is 3.32. The molecule has 0 fully saturated rings. The van der Waals surface area contributed by atoms with Gasteiger partial charge in [0.1, 0.15) is 0 Å². The van der Waals surface area contributed by atoms with Crippen molar-refractivity contribution in [3.8, 4) is 17.2 Å². The molecule has 0 aliphatic carbocycles. The molecule has 0 atom stereocenters. The van der Waals surface area contributed by atoms with Crippen LogP contribution in [-0.4, -0.2) is 23.1 Å². The quantitative estimate of drug-likeness (QED) is 0.731. The molecule has 0 saturated heterocycles. The van der Waals surface area contributed by atoms with Gasteiger partial charge in [0, 0.05) is 35.3 Å². The third-order valence-electron chi connectivity index (χ3n) is 4.15. The number of hydrogen-bond donors (Lipinski definition) is 1. The highest BCUT2D eigenvalue weighted by Gasteiger charge is 2.20. The lowest BCUT2D eigenvalue weighted by Crippen LogP contribution is -2.14. The van der Waals surface area contributed by atoms with E-state index in [4.69, 9.17) is 9.47 Å². The second-order valence-corrected chi connectivity index (χ2v) is 5.90. The lowest BCUT2D eigenvalue weighted by Gasteiger charge is -2.11. The Balaban J connectivity index is 1.65. The van der Waals surface area contributed by atoms with Crippen LogP contribution in [0.1, 0.15) is 27.6 Å². The van der Waals surface area contributed by atoms with Crippen molar-refractivity contribution < 1.29 is 19.1 Å². The highest BCUT2D eigenvalue weighted by Crippen LogP contribution is 2.37. The van der Waals surface area contributed by atoms with Crippen molar-refractivity contribution in [2.24, 2.45) is 0 Å². The number of ketones is 1. The molecule has 0 saturated carbocycles. The van der Waals surface area contributed by atoms with E-state index in [1.807, 2.05) is 41.2 Å². The Morgan fingerprint density at radius 2 is 1.73 bits per heavy atom. The number of aromatic nitrogens is 1. The molecule has 0 spiro atoms. The number of Topliss-reactive ketones (excluding diaryl/α,β-unsaturated/α-hetero) is 1. The van der Waals surface area contributed by atoms with Crippen molar-refractivity contribution in [1.29, 1.82) is 0 Å². The van der Waals surface area contributed by atoms with Crippen molar-refractivity contribution in [2.45, 2.75) is 6.92 Å². The van der Waals surface area contributed by atoms with Crippen molar-refractivity contribution in [3.63, 3.8) is 0 Å². The largest absolute Gasteiger partial charge is 0.454 e. The normalized spacial score (nSPS) is 12.0. The van der Waals surface area contributed by atoms with E-state index < -0.39 is 0 Å². The summed E-state index contributed by atoms with van der Waals surface area (Å²) in [5, 5.41) is 2.81. The van der Waals surface area contributed by atoms with Crippen LogP contribution in [0.25, 0.3) is 5.69 Å². The zero-order valence-corrected chi connectivity index (χ0v) is 14.1. The van der Waals surface area contributed by atoms with Gasteiger partial charge < -0.3 is 19.4 Å². The summed E-state index contributed by atoms with van der Waals surface area (Å²) in [6.45, 7) is 1.54. The summed E-state index contributed by atoms with van der Waals surface area (Å²) >= 11 is 0. The fourth-order valence-electron chi connectivity index (χ4n) is 2.85. The van der Waals surface area contributed by atoms with E-state index in [1.54, 1.807) is 24.3 Å². The maximum atomic E-state index is 12.7. The molecule has 26 heavy (non-hydrogen) atoms. The van der Waals surface area contributed by atoms with Crippen LogP contribution in [0.15, 0.2) is 60.9 Å². The molecule has 1 aliphatic heterocycles. The minimum atomic E-state index is -0.305. The summed E-state index contributed by atoms with van der Waals surface area (Å²) < 4.78 is 12.6. The van der Waals surface area contributed by atoms with Gasteiger partial charge in [-0.3, -0.25) is 9.59 Å². The van der Waals surface area contributed by atoms with Gasteiger partial charge in [0.25, 0.3) is 5.91 Å². The predicted molar refractivity (Wildman–Crippen MR) is 96.3 cm³/mol. The number of fused-ring (bicyclic) bond motifs is 1. The maximum Gasteiger partial charge on any atom is 0.255 e.